The lowest BCUT2D eigenvalue weighted by Crippen LogP contribution is -2.19. The van der Waals surface area contributed by atoms with E-state index < -0.39 is 0 Å². The van der Waals surface area contributed by atoms with Crippen molar-refractivity contribution in [3.63, 3.8) is 0 Å². The summed E-state index contributed by atoms with van der Waals surface area (Å²) in [5.74, 6) is -0.150. The summed E-state index contributed by atoms with van der Waals surface area (Å²) < 4.78 is 2.01. The number of benzene rings is 2. The quantitative estimate of drug-likeness (QED) is 0.566. The molecule has 0 atom stereocenters. The Balaban J connectivity index is 1.71. The number of amides is 1. The van der Waals surface area contributed by atoms with Crippen molar-refractivity contribution in [3.05, 3.63) is 77.7 Å². The number of thiophene rings is 1. The van der Waals surface area contributed by atoms with Crippen LogP contribution in [0.5, 0.6) is 0 Å². The Labute approximate surface area is 154 Å². The standard InChI is InChI=1S/C21H15N3OS/c22-13-17-10-11-26-21(17)23-20(25)14-24-18-9-5-4-8-16(18)12-19(24)15-6-2-1-3-7-15/h1-12H,14H2,(H,23,25). The first-order chi connectivity index (χ1) is 12.8. The van der Waals surface area contributed by atoms with E-state index in [0.29, 0.717) is 10.6 Å². The van der Waals surface area contributed by atoms with Gasteiger partial charge in [-0.1, -0.05) is 48.5 Å². The second kappa shape index (κ2) is 6.87. The van der Waals surface area contributed by atoms with Crippen LogP contribution in [-0.2, 0) is 11.3 Å². The number of nitrogens with one attached hydrogen (secondary N) is 1. The lowest BCUT2D eigenvalue weighted by atomic mass is 10.1. The van der Waals surface area contributed by atoms with Crippen molar-refractivity contribution in [2.75, 3.05) is 5.32 Å². The summed E-state index contributed by atoms with van der Waals surface area (Å²) in [4.78, 5) is 12.6. The van der Waals surface area contributed by atoms with Crippen LogP contribution in [0, 0.1) is 11.3 Å². The van der Waals surface area contributed by atoms with Gasteiger partial charge in [0.05, 0.1) is 5.56 Å². The molecule has 2 aromatic carbocycles. The van der Waals surface area contributed by atoms with E-state index in [9.17, 15) is 4.79 Å². The maximum atomic E-state index is 12.6. The summed E-state index contributed by atoms with van der Waals surface area (Å²) >= 11 is 1.36. The summed E-state index contributed by atoms with van der Waals surface area (Å²) in [6.07, 6.45) is 0. The molecular formula is C21H15N3OS. The lowest BCUT2D eigenvalue weighted by molar-refractivity contribution is -0.116. The lowest BCUT2D eigenvalue weighted by Gasteiger charge is -2.11. The number of carbonyl (C=O) groups excluding carboxylic acids is 1. The maximum absolute atomic E-state index is 12.6. The van der Waals surface area contributed by atoms with Gasteiger partial charge in [0.25, 0.3) is 0 Å². The number of hydrogen-bond acceptors (Lipinski definition) is 3. The Bertz CT molecular complexity index is 1120. The molecule has 126 valence electrons. The fraction of sp³-hybridized carbons (Fsp3) is 0.0476. The summed E-state index contributed by atoms with van der Waals surface area (Å²) in [5.41, 5.74) is 3.55. The molecule has 5 heteroatoms. The Hall–Kier alpha value is -3.36. The SMILES string of the molecule is N#Cc1ccsc1NC(=O)Cn1c(-c2ccccc2)cc2ccccc21. The van der Waals surface area contributed by atoms with E-state index in [2.05, 4.69) is 17.5 Å². The topological polar surface area (TPSA) is 57.8 Å². The van der Waals surface area contributed by atoms with E-state index >= 15 is 0 Å². The number of hydrogen-bond donors (Lipinski definition) is 1. The van der Waals surface area contributed by atoms with Crippen molar-refractivity contribution in [2.45, 2.75) is 6.54 Å². The molecule has 1 amide bonds. The molecule has 0 aliphatic rings. The molecule has 4 aromatic rings. The molecule has 0 saturated carbocycles. The Morgan fingerprint density at radius 2 is 1.85 bits per heavy atom. The van der Waals surface area contributed by atoms with E-state index in [-0.39, 0.29) is 12.5 Å². The van der Waals surface area contributed by atoms with Crippen LogP contribution in [0.1, 0.15) is 5.56 Å². The van der Waals surface area contributed by atoms with Gasteiger partial charge in [0.2, 0.25) is 5.91 Å². The first-order valence-electron chi connectivity index (χ1n) is 8.17. The molecule has 0 radical (unpaired) electrons. The average molecular weight is 357 g/mol. The van der Waals surface area contributed by atoms with Gasteiger partial charge in [-0.3, -0.25) is 4.79 Å². The zero-order valence-corrected chi connectivity index (χ0v) is 14.7. The Morgan fingerprint density at radius 3 is 2.65 bits per heavy atom. The van der Waals surface area contributed by atoms with Gasteiger partial charge < -0.3 is 9.88 Å². The molecule has 0 aliphatic carbocycles. The number of para-hydroxylation sites is 1. The van der Waals surface area contributed by atoms with Crippen molar-refractivity contribution in [2.24, 2.45) is 0 Å². The zero-order chi connectivity index (χ0) is 17.9. The fourth-order valence-electron chi connectivity index (χ4n) is 3.03. The first kappa shape index (κ1) is 16.1. The van der Waals surface area contributed by atoms with Crippen LogP contribution in [0.25, 0.3) is 22.2 Å². The van der Waals surface area contributed by atoms with Crippen LogP contribution in [-0.4, -0.2) is 10.5 Å². The normalized spacial score (nSPS) is 10.6. The highest BCUT2D eigenvalue weighted by Crippen LogP contribution is 2.28. The van der Waals surface area contributed by atoms with E-state index in [1.165, 1.54) is 11.3 Å². The summed E-state index contributed by atoms with van der Waals surface area (Å²) in [5, 5.41) is 15.5. The third-order valence-electron chi connectivity index (χ3n) is 4.22. The monoisotopic (exact) mass is 357 g/mol. The number of aromatic nitrogens is 1. The van der Waals surface area contributed by atoms with Crippen molar-refractivity contribution in [1.29, 1.82) is 5.26 Å². The molecule has 0 fully saturated rings. The largest absolute Gasteiger partial charge is 0.331 e. The molecule has 26 heavy (non-hydrogen) atoms. The van der Waals surface area contributed by atoms with Gasteiger partial charge in [-0.05, 0) is 29.1 Å². The number of fused-ring (bicyclic) bond motifs is 1. The van der Waals surface area contributed by atoms with E-state index in [1.54, 1.807) is 11.4 Å². The predicted octanol–water partition coefficient (Wildman–Crippen LogP) is 4.88. The van der Waals surface area contributed by atoms with Crippen molar-refractivity contribution < 1.29 is 4.79 Å². The summed E-state index contributed by atoms with van der Waals surface area (Å²) in [6.45, 7) is 0.181. The number of anilines is 1. The minimum Gasteiger partial charge on any atom is -0.331 e. The minimum atomic E-state index is -0.150. The van der Waals surface area contributed by atoms with Gasteiger partial charge in [0.15, 0.2) is 0 Å². The Kier molecular flexibility index (Phi) is 4.26. The van der Waals surface area contributed by atoms with Crippen LogP contribution < -0.4 is 5.32 Å². The fourth-order valence-corrected chi connectivity index (χ4v) is 3.79. The minimum absolute atomic E-state index is 0.150. The van der Waals surface area contributed by atoms with Gasteiger partial charge in [0.1, 0.15) is 17.6 Å². The van der Waals surface area contributed by atoms with Gasteiger partial charge in [-0.2, -0.15) is 5.26 Å². The molecule has 0 spiro atoms. The molecular weight excluding hydrogens is 342 g/mol. The highest BCUT2D eigenvalue weighted by molar-refractivity contribution is 7.14. The third-order valence-corrected chi connectivity index (χ3v) is 5.05. The summed E-state index contributed by atoms with van der Waals surface area (Å²) in [6, 6.07) is 24.0. The second-order valence-corrected chi connectivity index (χ2v) is 6.78. The number of nitrogens with zero attached hydrogens (tertiary/aromatic N) is 2. The van der Waals surface area contributed by atoms with E-state index in [0.717, 1.165) is 22.2 Å². The second-order valence-electron chi connectivity index (χ2n) is 5.86. The van der Waals surface area contributed by atoms with Gasteiger partial charge >= 0.3 is 0 Å². The van der Waals surface area contributed by atoms with E-state index in [1.807, 2.05) is 59.2 Å². The van der Waals surface area contributed by atoms with Gasteiger partial charge in [-0.25, -0.2) is 0 Å². The van der Waals surface area contributed by atoms with E-state index in [4.69, 9.17) is 5.26 Å². The number of rotatable bonds is 4. The Morgan fingerprint density at radius 1 is 1.08 bits per heavy atom. The molecule has 4 nitrogen and oxygen atoms in total. The van der Waals surface area contributed by atoms with Crippen LogP contribution in [0.15, 0.2) is 72.1 Å². The van der Waals surface area contributed by atoms with Crippen LogP contribution in [0.3, 0.4) is 0 Å². The number of nitriles is 1. The predicted molar refractivity (Wildman–Crippen MR) is 105 cm³/mol. The smallest absolute Gasteiger partial charge is 0.244 e. The molecule has 2 heterocycles. The number of carbonyl (C=O) groups is 1. The van der Waals surface area contributed by atoms with Crippen molar-refractivity contribution >= 4 is 33.1 Å². The van der Waals surface area contributed by atoms with Crippen molar-refractivity contribution in [1.82, 2.24) is 4.57 Å². The third kappa shape index (κ3) is 2.99. The van der Waals surface area contributed by atoms with Gasteiger partial charge in [0, 0.05) is 16.6 Å². The zero-order valence-electron chi connectivity index (χ0n) is 13.8. The highest BCUT2D eigenvalue weighted by atomic mass is 32.1. The van der Waals surface area contributed by atoms with Gasteiger partial charge in [-0.15, -0.1) is 11.3 Å². The molecule has 1 N–H and O–H groups in total. The first-order valence-corrected chi connectivity index (χ1v) is 9.05. The average Bonchev–Trinajstić information content (AvgIpc) is 3.27. The molecule has 4 rings (SSSR count). The molecule has 0 saturated heterocycles. The van der Waals surface area contributed by atoms with Crippen LogP contribution in [0.2, 0.25) is 0 Å². The summed E-state index contributed by atoms with van der Waals surface area (Å²) in [7, 11) is 0. The van der Waals surface area contributed by atoms with Crippen LogP contribution >= 0.6 is 11.3 Å². The van der Waals surface area contributed by atoms with Crippen LogP contribution in [0.4, 0.5) is 5.00 Å². The highest BCUT2D eigenvalue weighted by Gasteiger charge is 2.15. The molecule has 0 bridgehead atoms. The maximum Gasteiger partial charge on any atom is 0.244 e. The molecule has 0 aliphatic heterocycles. The molecule has 0 unspecified atom stereocenters. The van der Waals surface area contributed by atoms with Crippen molar-refractivity contribution in [3.8, 4) is 17.3 Å². The molecule has 2 aromatic heterocycles.